The van der Waals surface area contributed by atoms with E-state index in [2.05, 4.69) is 13.2 Å². The van der Waals surface area contributed by atoms with Gasteiger partial charge in [-0.05, 0) is 6.92 Å². The third kappa shape index (κ3) is 1.66. The second-order valence-electron chi connectivity index (χ2n) is 1.97. The maximum atomic E-state index is 9.22. The van der Waals surface area contributed by atoms with E-state index < -0.39 is 11.7 Å². The summed E-state index contributed by atoms with van der Waals surface area (Å²) in [5.74, 6) is 0. The lowest BCUT2D eigenvalue weighted by Crippen LogP contribution is -2.35. The van der Waals surface area contributed by atoms with Gasteiger partial charge in [0.15, 0.2) is 0 Å². The van der Waals surface area contributed by atoms with Crippen molar-refractivity contribution in [2.45, 2.75) is 18.6 Å². The average Bonchev–Trinajstić information content (AvgIpc) is 1.86. The van der Waals surface area contributed by atoms with Crippen molar-refractivity contribution in [1.82, 2.24) is 0 Å². The van der Waals surface area contributed by atoms with Crippen molar-refractivity contribution in [1.29, 1.82) is 0 Å². The smallest absolute Gasteiger partial charge is 0.126 e. The number of aliphatic hydroxyl groups is 2. The summed E-state index contributed by atoms with van der Waals surface area (Å²) in [4.78, 5) is 0. The Labute approximate surface area is 55.1 Å². The molecule has 0 aromatic heterocycles. The van der Waals surface area contributed by atoms with Gasteiger partial charge in [-0.1, -0.05) is 25.3 Å². The van der Waals surface area contributed by atoms with Gasteiger partial charge >= 0.3 is 0 Å². The molecule has 0 bridgehead atoms. The molecule has 0 aliphatic heterocycles. The molecule has 2 N–H and O–H groups in total. The van der Waals surface area contributed by atoms with Crippen LogP contribution in [0, 0.1) is 0 Å². The molecule has 0 aromatic carbocycles. The van der Waals surface area contributed by atoms with Crippen molar-refractivity contribution >= 4 is 0 Å². The van der Waals surface area contributed by atoms with Crippen molar-refractivity contribution in [2.75, 3.05) is 0 Å². The van der Waals surface area contributed by atoms with Crippen molar-refractivity contribution in [3.05, 3.63) is 25.3 Å². The SMILES string of the molecule is C=CC(O)(C=C)[C@@H](C)O. The van der Waals surface area contributed by atoms with E-state index in [1.54, 1.807) is 0 Å². The van der Waals surface area contributed by atoms with Crippen LogP contribution in [0.15, 0.2) is 25.3 Å². The highest BCUT2D eigenvalue weighted by atomic mass is 16.3. The molecule has 2 nitrogen and oxygen atoms in total. The Balaban J connectivity index is 4.26. The summed E-state index contributed by atoms with van der Waals surface area (Å²) in [5.41, 5.74) is -1.33. The molecular weight excluding hydrogens is 116 g/mol. The van der Waals surface area contributed by atoms with Gasteiger partial charge in [-0.15, -0.1) is 0 Å². The fourth-order valence-corrected chi connectivity index (χ4v) is 0.424. The van der Waals surface area contributed by atoms with Crippen LogP contribution in [0.1, 0.15) is 6.92 Å². The van der Waals surface area contributed by atoms with Crippen LogP contribution in [0.25, 0.3) is 0 Å². The molecule has 9 heavy (non-hydrogen) atoms. The van der Waals surface area contributed by atoms with E-state index in [0.29, 0.717) is 0 Å². The largest absolute Gasteiger partial charge is 0.390 e. The summed E-state index contributed by atoms with van der Waals surface area (Å²) < 4.78 is 0. The van der Waals surface area contributed by atoms with Crippen LogP contribution in [0.4, 0.5) is 0 Å². The molecule has 0 saturated carbocycles. The molecule has 0 aromatic rings. The molecule has 2 heteroatoms. The lowest BCUT2D eigenvalue weighted by Gasteiger charge is -2.22. The molecule has 0 unspecified atom stereocenters. The third-order valence-corrected chi connectivity index (χ3v) is 1.32. The van der Waals surface area contributed by atoms with Crippen LogP contribution < -0.4 is 0 Å². The molecule has 1 atom stereocenters. The molecule has 52 valence electrons. The molecule has 0 radical (unpaired) electrons. The van der Waals surface area contributed by atoms with Crippen LogP contribution in [-0.2, 0) is 0 Å². The maximum absolute atomic E-state index is 9.22. The van der Waals surface area contributed by atoms with E-state index in [1.807, 2.05) is 0 Å². The van der Waals surface area contributed by atoms with Gasteiger partial charge in [0.2, 0.25) is 0 Å². The molecule has 0 fully saturated rings. The van der Waals surface area contributed by atoms with E-state index in [9.17, 15) is 5.11 Å². The second-order valence-corrected chi connectivity index (χ2v) is 1.97. The first-order valence-electron chi connectivity index (χ1n) is 2.74. The van der Waals surface area contributed by atoms with E-state index >= 15 is 0 Å². The summed E-state index contributed by atoms with van der Waals surface area (Å²) in [6.07, 6.45) is 1.66. The molecule has 0 rings (SSSR count). The van der Waals surface area contributed by atoms with Crippen molar-refractivity contribution in [3.63, 3.8) is 0 Å². The fraction of sp³-hybridized carbons (Fsp3) is 0.429. The summed E-state index contributed by atoms with van der Waals surface area (Å²) in [6, 6.07) is 0. The Morgan fingerprint density at radius 2 is 1.78 bits per heavy atom. The van der Waals surface area contributed by atoms with Gasteiger partial charge in [0, 0.05) is 0 Å². The Morgan fingerprint density at radius 3 is 1.78 bits per heavy atom. The molecule has 0 amide bonds. The second kappa shape index (κ2) is 2.80. The van der Waals surface area contributed by atoms with Gasteiger partial charge in [-0.2, -0.15) is 0 Å². The average molecular weight is 128 g/mol. The van der Waals surface area contributed by atoms with E-state index in [-0.39, 0.29) is 0 Å². The lowest BCUT2D eigenvalue weighted by molar-refractivity contribution is 0.00670. The highest BCUT2D eigenvalue weighted by molar-refractivity contribution is 5.11. The van der Waals surface area contributed by atoms with Crippen LogP contribution in [0.5, 0.6) is 0 Å². The van der Waals surface area contributed by atoms with Gasteiger partial charge < -0.3 is 10.2 Å². The van der Waals surface area contributed by atoms with Crippen LogP contribution in [-0.4, -0.2) is 21.9 Å². The van der Waals surface area contributed by atoms with E-state index in [0.717, 1.165) is 0 Å². The Morgan fingerprint density at radius 1 is 1.44 bits per heavy atom. The molecule has 0 aliphatic carbocycles. The normalized spacial score (nSPS) is 14.6. The predicted molar refractivity (Wildman–Crippen MR) is 37.0 cm³/mol. The Bertz CT molecular complexity index is 108. The molecule has 0 aliphatic rings. The minimum absolute atomic E-state index is 0.854. The first-order valence-corrected chi connectivity index (χ1v) is 2.74. The molecule has 0 saturated heterocycles. The minimum Gasteiger partial charge on any atom is -0.390 e. The highest BCUT2D eigenvalue weighted by Crippen LogP contribution is 2.11. The first-order chi connectivity index (χ1) is 4.06. The predicted octanol–water partition coefficient (Wildman–Crippen LogP) is 0.470. The maximum Gasteiger partial charge on any atom is 0.126 e. The monoisotopic (exact) mass is 128 g/mol. The van der Waals surface area contributed by atoms with Crippen LogP contribution in [0.3, 0.4) is 0 Å². The van der Waals surface area contributed by atoms with Gasteiger partial charge in [-0.3, -0.25) is 0 Å². The summed E-state index contributed by atoms with van der Waals surface area (Å²) in [7, 11) is 0. The van der Waals surface area contributed by atoms with Crippen LogP contribution in [0.2, 0.25) is 0 Å². The molecular formula is C7H12O2. The Kier molecular flexibility index (Phi) is 2.62. The number of rotatable bonds is 3. The third-order valence-electron chi connectivity index (χ3n) is 1.32. The summed E-state index contributed by atoms with van der Waals surface area (Å²) in [6.45, 7) is 8.16. The van der Waals surface area contributed by atoms with Gasteiger partial charge in [0.05, 0.1) is 6.10 Å². The van der Waals surface area contributed by atoms with Crippen LogP contribution >= 0.6 is 0 Å². The number of aliphatic hydroxyl groups excluding tert-OH is 1. The summed E-state index contributed by atoms with van der Waals surface area (Å²) >= 11 is 0. The fourth-order valence-electron chi connectivity index (χ4n) is 0.424. The van der Waals surface area contributed by atoms with Gasteiger partial charge in [0.1, 0.15) is 5.60 Å². The molecule has 0 heterocycles. The zero-order chi connectivity index (χ0) is 7.49. The van der Waals surface area contributed by atoms with Crippen molar-refractivity contribution < 1.29 is 10.2 Å². The van der Waals surface area contributed by atoms with Gasteiger partial charge in [0.25, 0.3) is 0 Å². The van der Waals surface area contributed by atoms with E-state index in [4.69, 9.17) is 5.11 Å². The number of hydrogen-bond acceptors (Lipinski definition) is 2. The van der Waals surface area contributed by atoms with Gasteiger partial charge in [-0.25, -0.2) is 0 Å². The van der Waals surface area contributed by atoms with E-state index in [1.165, 1.54) is 19.1 Å². The Hall–Kier alpha value is -0.600. The lowest BCUT2D eigenvalue weighted by atomic mass is 9.99. The minimum atomic E-state index is -1.33. The standard InChI is InChI=1S/C7H12O2/c1-4-7(9,5-2)6(3)8/h4-6,8-9H,1-2H2,3H3/t6-/m1/s1. The number of hydrogen-bond donors (Lipinski definition) is 2. The summed E-state index contributed by atoms with van der Waals surface area (Å²) in [5, 5.41) is 18.1. The zero-order valence-electron chi connectivity index (χ0n) is 5.54. The topological polar surface area (TPSA) is 40.5 Å². The van der Waals surface area contributed by atoms with Crippen molar-refractivity contribution in [2.24, 2.45) is 0 Å². The first kappa shape index (κ1) is 8.40. The molecule has 0 spiro atoms. The zero-order valence-corrected chi connectivity index (χ0v) is 5.54. The quantitative estimate of drug-likeness (QED) is 0.542. The highest BCUT2D eigenvalue weighted by Gasteiger charge is 2.23. The van der Waals surface area contributed by atoms with Crippen molar-refractivity contribution in [3.8, 4) is 0 Å².